The van der Waals surface area contributed by atoms with Gasteiger partial charge in [0.05, 0.1) is 11.9 Å². The van der Waals surface area contributed by atoms with Crippen molar-refractivity contribution in [2.75, 3.05) is 17.1 Å². The van der Waals surface area contributed by atoms with Crippen molar-refractivity contribution in [3.05, 3.63) is 64.2 Å². The molecule has 1 aliphatic rings. The third kappa shape index (κ3) is 7.96. The standard InChI is InChI=1S/C29H40ClN3O4S/c1-5-26(29(35)31-25-11-6-7-12-25)32(20-23-15-17-24(30)18-16-23)28(34)14-9-19-33(38(4,36)37)27-13-8-10-21(2)22(27)3/h8,10,13,15-18,25-26H,5-7,9,11-12,14,19-20H2,1-4H3,(H,31,35)/t26-/m1/s1. The van der Waals surface area contributed by atoms with Crippen LogP contribution in [0.25, 0.3) is 0 Å². The van der Waals surface area contributed by atoms with Crippen molar-refractivity contribution in [2.24, 2.45) is 0 Å². The zero-order valence-corrected chi connectivity index (χ0v) is 24.4. The number of anilines is 1. The molecule has 1 saturated carbocycles. The number of nitrogens with zero attached hydrogens (tertiary/aromatic N) is 2. The van der Waals surface area contributed by atoms with E-state index in [-0.39, 0.29) is 37.4 Å². The van der Waals surface area contributed by atoms with E-state index in [0.717, 1.165) is 42.4 Å². The van der Waals surface area contributed by atoms with E-state index < -0.39 is 16.1 Å². The number of halogens is 1. The SMILES string of the molecule is CC[C@H](C(=O)NC1CCCC1)N(Cc1ccc(Cl)cc1)C(=O)CCCN(c1cccc(C)c1C)S(C)(=O)=O. The van der Waals surface area contributed by atoms with Gasteiger partial charge in [0.25, 0.3) is 0 Å². The molecule has 2 aromatic carbocycles. The summed E-state index contributed by atoms with van der Waals surface area (Å²) in [7, 11) is -3.54. The van der Waals surface area contributed by atoms with Gasteiger partial charge in [-0.3, -0.25) is 13.9 Å². The van der Waals surface area contributed by atoms with E-state index in [4.69, 9.17) is 11.6 Å². The molecule has 38 heavy (non-hydrogen) atoms. The van der Waals surface area contributed by atoms with E-state index in [0.29, 0.717) is 23.6 Å². The Morgan fingerprint density at radius 3 is 2.34 bits per heavy atom. The number of carbonyl (C=O) groups excluding carboxylic acids is 2. The molecule has 1 fully saturated rings. The lowest BCUT2D eigenvalue weighted by Crippen LogP contribution is -2.51. The van der Waals surface area contributed by atoms with Crippen molar-refractivity contribution in [2.45, 2.75) is 84.3 Å². The monoisotopic (exact) mass is 561 g/mol. The van der Waals surface area contributed by atoms with Gasteiger partial charge in [0.15, 0.2) is 0 Å². The number of hydrogen-bond acceptors (Lipinski definition) is 4. The van der Waals surface area contributed by atoms with Crippen molar-refractivity contribution >= 4 is 39.1 Å². The predicted molar refractivity (Wildman–Crippen MR) is 154 cm³/mol. The summed E-state index contributed by atoms with van der Waals surface area (Å²) in [6.07, 6.45) is 6.26. The number of carbonyl (C=O) groups is 2. The number of hydrogen-bond donors (Lipinski definition) is 1. The molecule has 1 N–H and O–H groups in total. The van der Waals surface area contributed by atoms with Gasteiger partial charge in [-0.15, -0.1) is 0 Å². The minimum atomic E-state index is -3.54. The van der Waals surface area contributed by atoms with Crippen LogP contribution < -0.4 is 9.62 Å². The highest BCUT2D eigenvalue weighted by Gasteiger charge is 2.31. The number of aryl methyl sites for hydroxylation is 1. The van der Waals surface area contributed by atoms with Gasteiger partial charge in [0.1, 0.15) is 6.04 Å². The van der Waals surface area contributed by atoms with E-state index in [2.05, 4.69) is 5.32 Å². The molecule has 0 radical (unpaired) electrons. The van der Waals surface area contributed by atoms with Gasteiger partial charge in [-0.1, -0.05) is 55.6 Å². The molecule has 0 aliphatic heterocycles. The van der Waals surface area contributed by atoms with Crippen molar-refractivity contribution in [1.29, 1.82) is 0 Å². The second-order valence-electron chi connectivity index (χ2n) is 10.2. The molecule has 2 amide bonds. The second kappa shape index (κ2) is 13.5. The van der Waals surface area contributed by atoms with Gasteiger partial charge in [0, 0.05) is 30.6 Å². The fraction of sp³-hybridized carbons (Fsp3) is 0.517. The summed E-state index contributed by atoms with van der Waals surface area (Å²) >= 11 is 6.05. The zero-order chi connectivity index (χ0) is 27.9. The second-order valence-corrected chi connectivity index (χ2v) is 12.6. The highest BCUT2D eigenvalue weighted by atomic mass is 35.5. The first-order valence-electron chi connectivity index (χ1n) is 13.4. The third-order valence-electron chi connectivity index (χ3n) is 7.35. The van der Waals surface area contributed by atoms with E-state index >= 15 is 0 Å². The fourth-order valence-electron chi connectivity index (χ4n) is 5.06. The minimum Gasteiger partial charge on any atom is -0.352 e. The Labute approximate surface area is 232 Å². The summed E-state index contributed by atoms with van der Waals surface area (Å²) in [5.74, 6) is -0.308. The lowest BCUT2D eigenvalue weighted by atomic mass is 10.1. The average Bonchev–Trinajstić information content (AvgIpc) is 3.37. The number of nitrogens with one attached hydrogen (secondary N) is 1. The van der Waals surface area contributed by atoms with Crippen LogP contribution in [0.15, 0.2) is 42.5 Å². The van der Waals surface area contributed by atoms with Crippen LogP contribution >= 0.6 is 11.6 Å². The minimum absolute atomic E-state index is 0.123. The van der Waals surface area contributed by atoms with E-state index in [1.165, 1.54) is 10.6 Å². The molecule has 0 saturated heterocycles. The maximum atomic E-state index is 13.6. The molecule has 208 valence electrons. The third-order valence-corrected chi connectivity index (χ3v) is 8.78. The van der Waals surface area contributed by atoms with Crippen LogP contribution in [0.3, 0.4) is 0 Å². The molecular weight excluding hydrogens is 522 g/mol. The number of sulfonamides is 1. The largest absolute Gasteiger partial charge is 0.352 e. The highest BCUT2D eigenvalue weighted by molar-refractivity contribution is 7.92. The lowest BCUT2D eigenvalue weighted by molar-refractivity contribution is -0.141. The normalized spacial score (nSPS) is 14.8. The molecule has 0 bridgehead atoms. The Bertz CT molecular complexity index is 1210. The topological polar surface area (TPSA) is 86.8 Å². The van der Waals surface area contributed by atoms with Crippen molar-refractivity contribution in [1.82, 2.24) is 10.2 Å². The average molecular weight is 562 g/mol. The van der Waals surface area contributed by atoms with Crippen LogP contribution in [-0.2, 0) is 26.2 Å². The lowest BCUT2D eigenvalue weighted by Gasteiger charge is -2.32. The summed E-state index contributed by atoms with van der Waals surface area (Å²) in [6.45, 7) is 6.21. The van der Waals surface area contributed by atoms with E-state index in [1.807, 2.05) is 45.0 Å². The van der Waals surface area contributed by atoms with Gasteiger partial charge >= 0.3 is 0 Å². The number of benzene rings is 2. The van der Waals surface area contributed by atoms with Gasteiger partial charge in [0.2, 0.25) is 21.8 Å². The Hall–Kier alpha value is -2.58. The van der Waals surface area contributed by atoms with E-state index in [1.54, 1.807) is 23.1 Å². The van der Waals surface area contributed by atoms with Crippen LogP contribution in [0.1, 0.15) is 68.6 Å². The predicted octanol–water partition coefficient (Wildman–Crippen LogP) is 5.37. The molecule has 2 aromatic rings. The molecule has 0 unspecified atom stereocenters. The first-order valence-corrected chi connectivity index (χ1v) is 15.6. The molecule has 7 nitrogen and oxygen atoms in total. The summed E-state index contributed by atoms with van der Waals surface area (Å²) in [5.41, 5.74) is 3.40. The smallest absolute Gasteiger partial charge is 0.243 e. The van der Waals surface area contributed by atoms with Crippen LogP contribution in [0.4, 0.5) is 5.69 Å². The molecule has 3 rings (SSSR count). The number of amides is 2. The van der Waals surface area contributed by atoms with Crippen LogP contribution in [0.5, 0.6) is 0 Å². The number of rotatable bonds is 12. The molecular formula is C29H40ClN3O4S. The zero-order valence-electron chi connectivity index (χ0n) is 22.9. The molecule has 0 aromatic heterocycles. The van der Waals surface area contributed by atoms with Crippen molar-refractivity contribution in [3.63, 3.8) is 0 Å². The first-order chi connectivity index (χ1) is 18.0. The Morgan fingerprint density at radius 1 is 1.08 bits per heavy atom. The highest BCUT2D eigenvalue weighted by Crippen LogP contribution is 2.26. The summed E-state index contributed by atoms with van der Waals surface area (Å²) in [4.78, 5) is 28.5. The Morgan fingerprint density at radius 2 is 1.74 bits per heavy atom. The maximum Gasteiger partial charge on any atom is 0.243 e. The molecule has 0 heterocycles. The van der Waals surface area contributed by atoms with E-state index in [9.17, 15) is 18.0 Å². The van der Waals surface area contributed by atoms with Gasteiger partial charge < -0.3 is 10.2 Å². The summed E-state index contributed by atoms with van der Waals surface area (Å²) < 4.78 is 26.7. The Balaban J connectivity index is 1.77. The molecule has 1 aliphatic carbocycles. The van der Waals surface area contributed by atoms with Crippen LogP contribution in [0, 0.1) is 13.8 Å². The van der Waals surface area contributed by atoms with Gasteiger partial charge in [-0.05, 0) is 74.4 Å². The molecule has 0 spiro atoms. The van der Waals surface area contributed by atoms with Gasteiger partial charge in [-0.2, -0.15) is 0 Å². The van der Waals surface area contributed by atoms with Gasteiger partial charge in [-0.25, -0.2) is 8.42 Å². The maximum absolute atomic E-state index is 13.6. The molecule has 9 heteroatoms. The molecule has 1 atom stereocenters. The van der Waals surface area contributed by atoms with Crippen LogP contribution in [0.2, 0.25) is 5.02 Å². The summed E-state index contributed by atoms with van der Waals surface area (Å²) in [6, 6.07) is 12.4. The van der Waals surface area contributed by atoms with Crippen molar-refractivity contribution in [3.8, 4) is 0 Å². The summed E-state index contributed by atoms with van der Waals surface area (Å²) in [5, 5.41) is 3.75. The Kier molecular flexibility index (Phi) is 10.6. The van der Waals surface area contributed by atoms with Crippen molar-refractivity contribution < 1.29 is 18.0 Å². The quantitative estimate of drug-likeness (QED) is 0.377. The van der Waals surface area contributed by atoms with Crippen LogP contribution in [-0.4, -0.2) is 50.0 Å². The fourth-order valence-corrected chi connectivity index (χ4v) is 6.20. The first kappa shape index (κ1) is 30.0.